The third-order valence-corrected chi connectivity index (χ3v) is 3.54. The van der Waals surface area contributed by atoms with Crippen molar-refractivity contribution in [3.63, 3.8) is 0 Å². The first-order valence-corrected chi connectivity index (χ1v) is 6.75. The molecule has 98 valence electrons. The standard InChI is InChI=1S/C16H15BrO2/c1-19-16-9-5-3-7-13(16)15(18)11-10-12-6-2-4-8-14(12)17/h2-11,15,18H,1H3/b11-10+. The summed E-state index contributed by atoms with van der Waals surface area (Å²) >= 11 is 3.47. The van der Waals surface area contributed by atoms with Crippen molar-refractivity contribution in [1.82, 2.24) is 0 Å². The highest BCUT2D eigenvalue weighted by Gasteiger charge is 2.09. The van der Waals surface area contributed by atoms with E-state index in [4.69, 9.17) is 4.74 Å². The summed E-state index contributed by atoms with van der Waals surface area (Å²) in [4.78, 5) is 0. The zero-order valence-corrected chi connectivity index (χ0v) is 12.2. The number of aliphatic hydroxyl groups excluding tert-OH is 1. The van der Waals surface area contributed by atoms with Crippen LogP contribution in [0.3, 0.4) is 0 Å². The van der Waals surface area contributed by atoms with Crippen LogP contribution in [0.4, 0.5) is 0 Å². The molecule has 2 aromatic rings. The van der Waals surface area contributed by atoms with E-state index in [1.54, 1.807) is 13.2 Å². The maximum absolute atomic E-state index is 10.2. The van der Waals surface area contributed by atoms with Gasteiger partial charge in [-0.1, -0.05) is 64.5 Å². The predicted molar refractivity (Wildman–Crippen MR) is 81.1 cm³/mol. The van der Waals surface area contributed by atoms with Gasteiger partial charge in [0.15, 0.2) is 0 Å². The SMILES string of the molecule is COc1ccccc1C(O)/C=C/c1ccccc1Br. The maximum Gasteiger partial charge on any atom is 0.124 e. The van der Waals surface area contributed by atoms with Crippen molar-refractivity contribution in [2.75, 3.05) is 7.11 Å². The molecule has 0 bridgehead atoms. The van der Waals surface area contributed by atoms with E-state index in [2.05, 4.69) is 15.9 Å². The van der Waals surface area contributed by atoms with Gasteiger partial charge >= 0.3 is 0 Å². The van der Waals surface area contributed by atoms with Crippen molar-refractivity contribution in [2.45, 2.75) is 6.10 Å². The number of aliphatic hydroxyl groups is 1. The first-order valence-electron chi connectivity index (χ1n) is 5.96. The van der Waals surface area contributed by atoms with Crippen LogP contribution in [0.25, 0.3) is 6.08 Å². The summed E-state index contributed by atoms with van der Waals surface area (Å²) in [5, 5.41) is 10.2. The summed E-state index contributed by atoms with van der Waals surface area (Å²) in [6.07, 6.45) is 2.95. The summed E-state index contributed by atoms with van der Waals surface area (Å²) in [6.45, 7) is 0. The molecule has 2 aromatic carbocycles. The average molecular weight is 319 g/mol. The molecule has 0 aliphatic carbocycles. The minimum Gasteiger partial charge on any atom is -0.496 e. The summed E-state index contributed by atoms with van der Waals surface area (Å²) in [6, 6.07) is 15.3. The molecular weight excluding hydrogens is 304 g/mol. The fourth-order valence-corrected chi connectivity index (χ4v) is 2.24. The van der Waals surface area contributed by atoms with Crippen LogP contribution in [0.2, 0.25) is 0 Å². The van der Waals surface area contributed by atoms with Crippen molar-refractivity contribution in [3.05, 3.63) is 70.2 Å². The van der Waals surface area contributed by atoms with Gasteiger partial charge < -0.3 is 9.84 Å². The largest absolute Gasteiger partial charge is 0.496 e. The second kappa shape index (κ2) is 6.55. The molecule has 0 radical (unpaired) electrons. The van der Waals surface area contributed by atoms with Gasteiger partial charge in [-0.05, 0) is 17.7 Å². The highest BCUT2D eigenvalue weighted by Crippen LogP contribution is 2.26. The van der Waals surface area contributed by atoms with Crippen molar-refractivity contribution < 1.29 is 9.84 Å². The molecule has 2 nitrogen and oxygen atoms in total. The number of hydrogen-bond donors (Lipinski definition) is 1. The first kappa shape index (κ1) is 13.8. The summed E-state index contributed by atoms with van der Waals surface area (Å²) < 4.78 is 6.24. The van der Waals surface area contributed by atoms with Gasteiger partial charge in [-0.3, -0.25) is 0 Å². The molecule has 3 heteroatoms. The summed E-state index contributed by atoms with van der Waals surface area (Å²) in [5.74, 6) is 0.687. The zero-order chi connectivity index (χ0) is 13.7. The lowest BCUT2D eigenvalue weighted by molar-refractivity contribution is 0.223. The monoisotopic (exact) mass is 318 g/mol. The quantitative estimate of drug-likeness (QED) is 0.915. The minimum absolute atomic E-state index is 0.687. The van der Waals surface area contributed by atoms with Gasteiger partial charge in [0.2, 0.25) is 0 Å². The molecule has 1 N–H and O–H groups in total. The van der Waals surface area contributed by atoms with Crippen molar-refractivity contribution in [3.8, 4) is 5.75 Å². The van der Waals surface area contributed by atoms with Gasteiger partial charge in [-0.2, -0.15) is 0 Å². The normalized spacial score (nSPS) is 12.6. The Bertz CT molecular complexity index is 578. The van der Waals surface area contributed by atoms with Crippen LogP contribution in [0, 0.1) is 0 Å². The topological polar surface area (TPSA) is 29.5 Å². The van der Waals surface area contributed by atoms with Crippen molar-refractivity contribution >= 4 is 22.0 Å². The Balaban J connectivity index is 2.21. The molecule has 1 atom stereocenters. The zero-order valence-electron chi connectivity index (χ0n) is 10.6. The van der Waals surface area contributed by atoms with Gasteiger partial charge in [-0.15, -0.1) is 0 Å². The fraction of sp³-hybridized carbons (Fsp3) is 0.125. The minimum atomic E-state index is -0.691. The highest BCUT2D eigenvalue weighted by atomic mass is 79.9. The van der Waals surface area contributed by atoms with E-state index in [1.807, 2.05) is 54.6 Å². The van der Waals surface area contributed by atoms with Crippen LogP contribution in [0.1, 0.15) is 17.2 Å². The van der Waals surface area contributed by atoms with Gasteiger partial charge in [0, 0.05) is 10.0 Å². The van der Waals surface area contributed by atoms with E-state index < -0.39 is 6.10 Å². The smallest absolute Gasteiger partial charge is 0.124 e. The number of rotatable bonds is 4. The molecule has 0 heterocycles. The van der Waals surface area contributed by atoms with E-state index in [0.717, 1.165) is 15.6 Å². The number of benzene rings is 2. The Labute approximate surface area is 121 Å². The Morgan fingerprint density at radius 2 is 1.79 bits per heavy atom. The third kappa shape index (κ3) is 3.46. The molecule has 0 aromatic heterocycles. The molecule has 0 saturated carbocycles. The second-order valence-electron chi connectivity index (χ2n) is 4.07. The number of halogens is 1. The Morgan fingerprint density at radius 3 is 2.53 bits per heavy atom. The summed E-state index contributed by atoms with van der Waals surface area (Å²) in [7, 11) is 1.60. The number of hydrogen-bond acceptors (Lipinski definition) is 2. The maximum atomic E-state index is 10.2. The van der Waals surface area contributed by atoms with Gasteiger partial charge in [0.05, 0.1) is 7.11 Å². The van der Waals surface area contributed by atoms with Crippen molar-refractivity contribution in [1.29, 1.82) is 0 Å². The van der Waals surface area contributed by atoms with Crippen LogP contribution < -0.4 is 4.74 Å². The lowest BCUT2D eigenvalue weighted by atomic mass is 10.1. The van der Waals surface area contributed by atoms with E-state index in [-0.39, 0.29) is 0 Å². The van der Waals surface area contributed by atoms with Crippen LogP contribution in [-0.4, -0.2) is 12.2 Å². The molecule has 0 aliphatic heterocycles. The molecule has 1 unspecified atom stereocenters. The molecular formula is C16H15BrO2. The third-order valence-electron chi connectivity index (χ3n) is 2.82. The first-order chi connectivity index (χ1) is 9.22. The van der Waals surface area contributed by atoms with Gasteiger partial charge in [0.1, 0.15) is 11.9 Å². The van der Waals surface area contributed by atoms with Crippen LogP contribution >= 0.6 is 15.9 Å². The average Bonchev–Trinajstić information content (AvgIpc) is 2.46. The molecule has 0 fully saturated rings. The number of ether oxygens (including phenoxy) is 1. The van der Waals surface area contributed by atoms with E-state index >= 15 is 0 Å². The van der Waals surface area contributed by atoms with E-state index in [9.17, 15) is 5.11 Å². The Kier molecular flexibility index (Phi) is 4.77. The predicted octanol–water partition coefficient (Wildman–Crippen LogP) is 4.20. The highest BCUT2D eigenvalue weighted by molar-refractivity contribution is 9.10. The Hall–Kier alpha value is -1.58. The molecule has 0 amide bonds. The molecule has 0 saturated heterocycles. The van der Waals surface area contributed by atoms with Crippen molar-refractivity contribution in [2.24, 2.45) is 0 Å². The summed E-state index contributed by atoms with van der Waals surface area (Å²) in [5.41, 5.74) is 1.78. The van der Waals surface area contributed by atoms with Crippen LogP contribution in [0.15, 0.2) is 59.1 Å². The molecule has 2 rings (SSSR count). The number of methoxy groups -OCH3 is 1. The lowest BCUT2D eigenvalue weighted by Gasteiger charge is -2.11. The van der Waals surface area contributed by atoms with Gasteiger partial charge in [-0.25, -0.2) is 0 Å². The molecule has 0 aliphatic rings. The van der Waals surface area contributed by atoms with Crippen LogP contribution in [-0.2, 0) is 0 Å². The fourth-order valence-electron chi connectivity index (χ4n) is 1.82. The number of para-hydroxylation sites is 1. The second-order valence-corrected chi connectivity index (χ2v) is 4.92. The lowest BCUT2D eigenvalue weighted by Crippen LogP contribution is -1.97. The van der Waals surface area contributed by atoms with Crippen LogP contribution in [0.5, 0.6) is 5.75 Å². The van der Waals surface area contributed by atoms with E-state index in [1.165, 1.54) is 0 Å². The van der Waals surface area contributed by atoms with E-state index in [0.29, 0.717) is 5.75 Å². The van der Waals surface area contributed by atoms with Gasteiger partial charge in [0.25, 0.3) is 0 Å². The molecule has 0 spiro atoms. The molecule has 19 heavy (non-hydrogen) atoms. The Morgan fingerprint density at radius 1 is 1.11 bits per heavy atom.